The van der Waals surface area contributed by atoms with Crippen molar-refractivity contribution in [1.29, 1.82) is 0 Å². The highest BCUT2D eigenvalue weighted by Gasteiger charge is 2.26. The van der Waals surface area contributed by atoms with E-state index in [4.69, 9.17) is 16.0 Å². The van der Waals surface area contributed by atoms with Gasteiger partial charge < -0.3 is 20.2 Å². The molecule has 0 bridgehead atoms. The first-order valence-corrected chi connectivity index (χ1v) is 8.52. The Morgan fingerprint density at radius 2 is 2.12 bits per heavy atom. The van der Waals surface area contributed by atoms with Crippen LogP contribution in [-0.4, -0.2) is 30.7 Å². The molecule has 0 fully saturated rings. The Bertz CT molecular complexity index is 708. The van der Waals surface area contributed by atoms with Crippen molar-refractivity contribution in [3.63, 3.8) is 0 Å². The fourth-order valence-corrected chi connectivity index (χ4v) is 2.54. The van der Waals surface area contributed by atoms with Gasteiger partial charge in [0, 0.05) is 18.1 Å². The molecule has 1 aromatic heterocycles. The SMILES string of the molecule is CCNC(=NCC(C)(O)c1ccco1)NCCc1ccc(F)cc1Cl.I. The minimum Gasteiger partial charge on any atom is -0.466 e. The Labute approximate surface area is 175 Å². The summed E-state index contributed by atoms with van der Waals surface area (Å²) < 4.78 is 18.3. The number of halogens is 3. The van der Waals surface area contributed by atoms with Crippen molar-refractivity contribution in [2.45, 2.75) is 25.9 Å². The van der Waals surface area contributed by atoms with E-state index in [1.54, 1.807) is 25.1 Å². The van der Waals surface area contributed by atoms with E-state index in [2.05, 4.69) is 15.6 Å². The molecule has 5 nitrogen and oxygen atoms in total. The van der Waals surface area contributed by atoms with Gasteiger partial charge in [-0.15, -0.1) is 24.0 Å². The first-order valence-electron chi connectivity index (χ1n) is 8.15. The van der Waals surface area contributed by atoms with Gasteiger partial charge in [0.1, 0.15) is 17.2 Å². The zero-order valence-electron chi connectivity index (χ0n) is 14.8. The smallest absolute Gasteiger partial charge is 0.191 e. The topological polar surface area (TPSA) is 69.8 Å². The molecular formula is C18H24ClFIN3O2. The third-order valence-electron chi connectivity index (χ3n) is 3.64. The van der Waals surface area contributed by atoms with Crippen molar-refractivity contribution in [3.8, 4) is 0 Å². The maximum absolute atomic E-state index is 13.1. The summed E-state index contributed by atoms with van der Waals surface area (Å²) in [5, 5.41) is 17.1. The Balaban J connectivity index is 0.00000338. The van der Waals surface area contributed by atoms with E-state index >= 15 is 0 Å². The Hall–Kier alpha value is -1.32. The van der Waals surface area contributed by atoms with Crippen LogP contribution in [0.15, 0.2) is 46.0 Å². The average molecular weight is 496 g/mol. The van der Waals surface area contributed by atoms with E-state index in [1.165, 1.54) is 18.4 Å². The first-order chi connectivity index (χ1) is 11.9. The molecule has 26 heavy (non-hydrogen) atoms. The molecule has 0 aliphatic heterocycles. The average Bonchev–Trinajstić information content (AvgIpc) is 3.10. The van der Waals surface area contributed by atoms with Crippen molar-refractivity contribution >= 4 is 41.5 Å². The van der Waals surface area contributed by atoms with Crippen LogP contribution in [0.4, 0.5) is 4.39 Å². The molecule has 2 aromatic rings. The molecule has 3 N–H and O–H groups in total. The molecule has 1 unspecified atom stereocenters. The second kappa shape index (κ2) is 10.7. The maximum Gasteiger partial charge on any atom is 0.191 e. The van der Waals surface area contributed by atoms with Crippen molar-refractivity contribution in [2.75, 3.05) is 19.6 Å². The van der Waals surface area contributed by atoms with Gasteiger partial charge in [-0.25, -0.2) is 9.38 Å². The number of benzene rings is 1. The minimum absolute atomic E-state index is 0. The molecule has 0 saturated carbocycles. The summed E-state index contributed by atoms with van der Waals surface area (Å²) in [5.74, 6) is 0.689. The van der Waals surface area contributed by atoms with Crippen molar-refractivity contribution in [1.82, 2.24) is 10.6 Å². The number of hydrogen-bond acceptors (Lipinski definition) is 3. The summed E-state index contributed by atoms with van der Waals surface area (Å²) in [6.07, 6.45) is 2.14. The number of guanidine groups is 1. The van der Waals surface area contributed by atoms with E-state index in [9.17, 15) is 9.50 Å². The van der Waals surface area contributed by atoms with Gasteiger partial charge in [0.25, 0.3) is 0 Å². The van der Waals surface area contributed by atoms with Crippen LogP contribution >= 0.6 is 35.6 Å². The van der Waals surface area contributed by atoms with E-state index in [-0.39, 0.29) is 36.3 Å². The van der Waals surface area contributed by atoms with Crippen LogP contribution < -0.4 is 10.6 Å². The first kappa shape index (κ1) is 22.7. The normalized spacial score (nSPS) is 13.7. The predicted octanol–water partition coefficient (Wildman–Crippen LogP) is 3.70. The van der Waals surface area contributed by atoms with Gasteiger partial charge in [0.05, 0.1) is 12.8 Å². The lowest BCUT2D eigenvalue weighted by Gasteiger charge is -2.19. The highest BCUT2D eigenvalue weighted by molar-refractivity contribution is 14.0. The van der Waals surface area contributed by atoms with Gasteiger partial charge in [-0.1, -0.05) is 17.7 Å². The second-order valence-electron chi connectivity index (χ2n) is 5.86. The van der Waals surface area contributed by atoms with Gasteiger partial charge in [0.15, 0.2) is 5.96 Å². The van der Waals surface area contributed by atoms with Crippen molar-refractivity contribution in [2.24, 2.45) is 4.99 Å². The van der Waals surface area contributed by atoms with Crippen LogP contribution in [0.3, 0.4) is 0 Å². The van der Waals surface area contributed by atoms with Gasteiger partial charge in [-0.05, 0) is 50.1 Å². The lowest BCUT2D eigenvalue weighted by Crippen LogP contribution is -2.39. The van der Waals surface area contributed by atoms with Crippen LogP contribution in [0, 0.1) is 5.82 Å². The predicted molar refractivity (Wildman–Crippen MR) is 113 cm³/mol. The van der Waals surface area contributed by atoms with E-state index in [1.807, 2.05) is 6.92 Å². The number of nitrogens with zero attached hydrogens (tertiary/aromatic N) is 1. The molecule has 1 aromatic carbocycles. The lowest BCUT2D eigenvalue weighted by atomic mass is 10.0. The van der Waals surface area contributed by atoms with Crippen molar-refractivity contribution < 1.29 is 13.9 Å². The fourth-order valence-electron chi connectivity index (χ4n) is 2.28. The summed E-state index contributed by atoms with van der Waals surface area (Å²) >= 11 is 6.03. The van der Waals surface area contributed by atoms with Crippen LogP contribution in [0.2, 0.25) is 5.02 Å². The molecule has 0 aliphatic carbocycles. The van der Waals surface area contributed by atoms with Crippen LogP contribution in [0.1, 0.15) is 25.2 Å². The molecule has 1 atom stereocenters. The number of rotatable bonds is 7. The van der Waals surface area contributed by atoms with Crippen LogP contribution in [0.25, 0.3) is 0 Å². The lowest BCUT2D eigenvalue weighted by molar-refractivity contribution is 0.0437. The number of nitrogens with one attached hydrogen (secondary N) is 2. The van der Waals surface area contributed by atoms with Gasteiger partial charge in [0.2, 0.25) is 0 Å². The molecule has 0 spiro atoms. The standard InChI is InChI=1S/C18H23ClFN3O2.HI/c1-3-21-17(23-12-18(2,24)16-5-4-10-25-16)22-9-8-13-6-7-14(20)11-15(13)19;/h4-7,10-11,24H,3,8-9,12H2,1-2H3,(H2,21,22,23);1H. The zero-order chi connectivity index (χ0) is 18.3. The third kappa shape index (κ3) is 6.77. The molecule has 0 saturated heterocycles. The number of aliphatic hydroxyl groups is 1. The Morgan fingerprint density at radius 1 is 1.35 bits per heavy atom. The quantitative estimate of drug-likeness (QED) is 0.311. The number of furan rings is 1. The third-order valence-corrected chi connectivity index (χ3v) is 4.00. The van der Waals surface area contributed by atoms with E-state index < -0.39 is 5.60 Å². The molecule has 0 radical (unpaired) electrons. The summed E-state index contributed by atoms with van der Waals surface area (Å²) in [4.78, 5) is 4.40. The fraction of sp³-hybridized carbons (Fsp3) is 0.389. The Morgan fingerprint density at radius 3 is 2.73 bits per heavy atom. The van der Waals surface area contributed by atoms with Gasteiger partial charge in [-0.3, -0.25) is 0 Å². The molecule has 8 heteroatoms. The van der Waals surface area contributed by atoms with Crippen LogP contribution in [-0.2, 0) is 12.0 Å². The zero-order valence-corrected chi connectivity index (χ0v) is 17.8. The number of aliphatic imine (C=N–C) groups is 1. The maximum atomic E-state index is 13.1. The van der Waals surface area contributed by atoms with E-state index in [0.717, 1.165) is 5.56 Å². The summed E-state index contributed by atoms with van der Waals surface area (Å²) in [6.45, 7) is 5.01. The summed E-state index contributed by atoms with van der Waals surface area (Å²) in [5.41, 5.74) is -0.333. The highest BCUT2D eigenvalue weighted by atomic mass is 127. The molecular weight excluding hydrogens is 472 g/mol. The molecule has 0 amide bonds. The highest BCUT2D eigenvalue weighted by Crippen LogP contribution is 2.21. The Kier molecular flexibility index (Phi) is 9.38. The minimum atomic E-state index is -1.19. The number of hydrogen-bond donors (Lipinski definition) is 3. The van der Waals surface area contributed by atoms with Gasteiger partial charge in [-0.2, -0.15) is 0 Å². The van der Waals surface area contributed by atoms with Crippen molar-refractivity contribution in [3.05, 3.63) is 58.8 Å². The summed E-state index contributed by atoms with van der Waals surface area (Å²) in [7, 11) is 0. The molecule has 0 aliphatic rings. The van der Waals surface area contributed by atoms with Gasteiger partial charge >= 0.3 is 0 Å². The monoisotopic (exact) mass is 495 g/mol. The molecule has 144 valence electrons. The molecule has 1 heterocycles. The van der Waals surface area contributed by atoms with E-state index in [0.29, 0.717) is 36.3 Å². The van der Waals surface area contributed by atoms with Crippen LogP contribution in [0.5, 0.6) is 0 Å². The largest absolute Gasteiger partial charge is 0.466 e. The molecule has 2 rings (SSSR count). The summed E-state index contributed by atoms with van der Waals surface area (Å²) in [6, 6.07) is 7.80. The second-order valence-corrected chi connectivity index (χ2v) is 6.27.